The molecule has 0 saturated heterocycles. The Labute approximate surface area is 145 Å². The van der Waals surface area contributed by atoms with Crippen LogP contribution >= 0.6 is 0 Å². The summed E-state index contributed by atoms with van der Waals surface area (Å²) in [5, 5.41) is 3.49. The summed E-state index contributed by atoms with van der Waals surface area (Å²) in [5.41, 5.74) is 3.48. The van der Waals surface area contributed by atoms with Crippen LogP contribution in [0.15, 0.2) is 54.6 Å². The van der Waals surface area contributed by atoms with E-state index >= 15 is 0 Å². The maximum atomic E-state index is 13.1. The number of allylic oxidation sites excluding steroid dienone is 2. The molecule has 2 aromatic rings. The van der Waals surface area contributed by atoms with Crippen LogP contribution in [0.3, 0.4) is 0 Å². The third kappa shape index (κ3) is 2.84. The van der Waals surface area contributed by atoms with E-state index in [1.807, 2.05) is 0 Å². The monoisotopic (exact) mass is 343 g/mol. The van der Waals surface area contributed by atoms with Crippen molar-refractivity contribution in [2.24, 2.45) is 5.92 Å². The van der Waals surface area contributed by atoms with Crippen molar-refractivity contribution >= 4 is 5.69 Å². The summed E-state index contributed by atoms with van der Waals surface area (Å²) in [6, 6.07) is 12.7. The van der Waals surface area contributed by atoms with Crippen LogP contribution in [0.1, 0.15) is 47.6 Å². The molecular weight excluding hydrogens is 323 g/mol. The lowest BCUT2D eigenvalue weighted by Gasteiger charge is -2.38. The number of alkyl halides is 3. The van der Waals surface area contributed by atoms with E-state index in [0.717, 1.165) is 24.1 Å². The van der Waals surface area contributed by atoms with Crippen LogP contribution in [0.2, 0.25) is 0 Å². The molecule has 1 heterocycles. The highest BCUT2D eigenvalue weighted by atomic mass is 19.4. The zero-order valence-electron chi connectivity index (χ0n) is 14.0. The summed E-state index contributed by atoms with van der Waals surface area (Å²) in [7, 11) is 0. The third-order valence-corrected chi connectivity index (χ3v) is 5.44. The van der Waals surface area contributed by atoms with Crippen molar-refractivity contribution in [1.29, 1.82) is 0 Å². The largest absolute Gasteiger partial charge is 0.416 e. The minimum absolute atomic E-state index is 0.0365. The molecule has 1 aliphatic heterocycles. The van der Waals surface area contributed by atoms with Crippen molar-refractivity contribution in [3.8, 4) is 0 Å². The molecule has 130 valence electrons. The van der Waals surface area contributed by atoms with E-state index in [9.17, 15) is 13.2 Å². The Balaban J connectivity index is 1.73. The molecule has 0 bridgehead atoms. The van der Waals surface area contributed by atoms with Crippen LogP contribution in [0.4, 0.5) is 18.9 Å². The van der Waals surface area contributed by atoms with Gasteiger partial charge in [0.25, 0.3) is 0 Å². The van der Waals surface area contributed by atoms with E-state index < -0.39 is 11.7 Å². The van der Waals surface area contributed by atoms with Crippen molar-refractivity contribution in [2.45, 2.75) is 37.9 Å². The highest BCUT2D eigenvalue weighted by Crippen LogP contribution is 2.50. The van der Waals surface area contributed by atoms with Crippen LogP contribution in [0, 0.1) is 5.92 Å². The van der Waals surface area contributed by atoms with Gasteiger partial charge in [0.2, 0.25) is 0 Å². The second kappa shape index (κ2) is 5.94. The van der Waals surface area contributed by atoms with Crippen LogP contribution in [-0.4, -0.2) is 0 Å². The maximum absolute atomic E-state index is 13.1. The lowest BCUT2D eigenvalue weighted by molar-refractivity contribution is -0.137. The molecule has 3 atom stereocenters. The standard InChI is InChI=1S/C21H20F3N/c1-2-13-6-8-14(9-7-13)20-17-5-3-4-16(17)18-12-15(21(22,23)24)10-11-19(18)25-20/h3-4,6-12,16-17,20,25H,2,5H2,1H3/t16-,17+,20+/m1/s1. The molecule has 2 aliphatic rings. The normalized spacial score (nSPS) is 24.6. The molecule has 1 N–H and O–H groups in total. The van der Waals surface area contributed by atoms with E-state index in [1.54, 1.807) is 6.07 Å². The van der Waals surface area contributed by atoms with Crippen molar-refractivity contribution in [2.75, 3.05) is 5.32 Å². The summed E-state index contributed by atoms with van der Waals surface area (Å²) in [5.74, 6) is 0.290. The second-order valence-corrected chi connectivity index (χ2v) is 6.87. The Morgan fingerprint density at radius 3 is 2.52 bits per heavy atom. The number of benzene rings is 2. The average molecular weight is 343 g/mol. The van der Waals surface area contributed by atoms with E-state index in [0.29, 0.717) is 0 Å². The van der Waals surface area contributed by atoms with Gasteiger partial charge in [0, 0.05) is 11.6 Å². The topological polar surface area (TPSA) is 12.0 Å². The average Bonchev–Trinajstić information content (AvgIpc) is 3.10. The summed E-state index contributed by atoms with van der Waals surface area (Å²) in [6.45, 7) is 2.12. The molecular formula is C21H20F3N. The van der Waals surface area contributed by atoms with Gasteiger partial charge in [-0.05, 0) is 53.6 Å². The number of halogens is 3. The van der Waals surface area contributed by atoms with Gasteiger partial charge in [-0.3, -0.25) is 0 Å². The van der Waals surface area contributed by atoms with E-state index in [2.05, 4.69) is 48.7 Å². The second-order valence-electron chi connectivity index (χ2n) is 6.87. The molecule has 0 unspecified atom stereocenters. The Morgan fingerprint density at radius 1 is 1.08 bits per heavy atom. The molecule has 0 saturated carbocycles. The minimum Gasteiger partial charge on any atom is -0.378 e. The SMILES string of the molecule is CCc1ccc([C@@H]2Nc3ccc(C(F)(F)F)cc3[C@@H]3C=CC[C@@H]32)cc1. The van der Waals surface area contributed by atoms with Crippen molar-refractivity contribution in [1.82, 2.24) is 0 Å². The van der Waals surface area contributed by atoms with Crippen molar-refractivity contribution in [3.63, 3.8) is 0 Å². The van der Waals surface area contributed by atoms with Gasteiger partial charge in [0.05, 0.1) is 11.6 Å². The molecule has 0 aromatic heterocycles. The summed E-state index contributed by atoms with van der Waals surface area (Å²) < 4.78 is 39.2. The molecule has 25 heavy (non-hydrogen) atoms. The number of hydrogen-bond acceptors (Lipinski definition) is 1. The van der Waals surface area contributed by atoms with Crippen LogP contribution in [0.25, 0.3) is 0 Å². The number of rotatable bonds is 2. The summed E-state index contributed by atoms with van der Waals surface area (Å²) >= 11 is 0. The molecule has 4 rings (SSSR count). The predicted octanol–water partition coefficient (Wildman–Crippen LogP) is 6.09. The maximum Gasteiger partial charge on any atom is 0.416 e. The number of fused-ring (bicyclic) bond motifs is 3. The van der Waals surface area contributed by atoms with Gasteiger partial charge in [0.15, 0.2) is 0 Å². The van der Waals surface area contributed by atoms with Crippen molar-refractivity contribution in [3.05, 3.63) is 76.9 Å². The zero-order valence-corrected chi connectivity index (χ0v) is 14.0. The highest BCUT2D eigenvalue weighted by molar-refractivity contribution is 5.61. The highest BCUT2D eigenvalue weighted by Gasteiger charge is 2.39. The molecule has 2 aromatic carbocycles. The van der Waals surface area contributed by atoms with Gasteiger partial charge in [-0.2, -0.15) is 13.2 Å². The van der Waals surface area contributed by atoms with Crippen LogP contribution < -0.4 is 5.32 Å². The molecule has 1 nitrogen and oxygen atoms in total. The Kier molecular flexibility index (Phi) is 3.86. The number of hydrogen-bond donors (Lipinski definition) is 1. The fourth-order valence-corrected chi connectivity index (χ4v) is 4.06. The fraction of sp³-hybridized carbons (Fsp3) is 0.333. The minimum atomic E-state index is -4.31. The van der Waals surface area contributed by atoms with Gasteiger partial charge >= 0.3 is 6.18 Å². The summed E-state index contributed by atoms with van der Waals surface area (Å²) in [4.78, 5) is 0. The Morgan fingerprint density at radius 2 is 1.84 bits per heavy atom. The molecule has 1 aliphatic carbocycles. The fourth-order valence-electron chi connectivity index (χ4n) is 4.06. The van der Waals surface area contributed by atoms with Crippen molar-refractivity contribution < 1.29 is 13.2 Å². The predicted molar refractivity (Wildman–Crippen MR) is 93.6 cm³/mol. The van der Waals surface area contributed by atoms with E-state index in [1.165, 1.54) is 23.3 Å². The first-order valence-corrected chi connectivity index (χ1v) is 8.70. The quantitative estimate of drug-likeness (QED) is 0.650. The van der Waals surface area contributed by atoms with Gasteiger partial charge < -0.3 is 5.32 Å². The first kappa shape index (κ1) is 16.2. The number of aryl methyl sites for hydroxylation is 1. The zero-order chi connectivity index (χ0) is 17.6. The Hall–Kier alpha value is -2.23. The first-order valence-electron chi connectivity index (χ1n) is 8.70. The molecule has 0 fully saturated rings. The third-order valence-electron chi connectivity index (χ3n) is 5.44. The Bertz CT molecular complexity index is 805. The molecule has 0 spiro atoms. The molecule has 0 radical (unpaired) electrons. The lowest BCUT2D eigenvalue weighted by atomic mass is 9.76. The smallest absolute Gasteiger partial charge is 0.378 e. The first-order chi connectivity index (χ1) is 12.0. The summed E-state index contributed by atoms with van der Waals surface area (Å²) in [6.07, 6.45) is 1.74. The van der Waals surface area contributed by atoms with Gasteiger partial charge in [0.1, 0.15) is 0 Å². The number of anilines is 1. The van der Waals surface area contributed by atoms with Gasteiger partial charge in [-0.1, -0.05) is 43.3 Å². The number of nitrogens with one attached hydrogen (secondary N) is 1. The van der Waals surface area contributed by atoms with Gasteiger partial charge in [-0.25, -0.2) is 0 Å². The van der Waals surface area contributed by atoms with E-state index in [4.69, 9.17) is 0 Å². The molecule has 0 amide bonds. The van der Waals surface area contributed by atoms with Crippen LogP contribution in [-0.2, 0) is 12.6 Å². The van der Waals surface area contributed by atoms with Crippen LogP contribution in [0.5, 0.6) is 0 Å². The molecule has 4 heteroatoms. The lowest BCUT2D eigenvalue weighted by Crippen LogP contribution is -2.29. The van der Waals surface area contributed by atoms with E-state index in [-0.39, 0.29) is 17.9 Å². The van der Waals surface area contributed by atoms with Gasteiger partial charge in [-0.15, -0.1) is 0 Å².